The van der Waals surface area contributed by atoms with Crippen LogP contribution in [0, 0.1) is 11.8 Å². The molecule has 0 saturated heterocycles. The summed E-state index contributed by atoms with van der Waals surface area (Å²) in [5, 5.41) is 0. The van der Waals surface area contributed by atoms with Crippen LogP contribution in [0.25, 0.3) is 0 Å². The third-order valence-corrected chi connectivity index (χ3v) is 3.52. The summed E-state index contributed by atoms with van der Waals surface area (Å²) in [4.78, 5) is 11.4. The first-order valence-electron chi connectivity index (χ1n) is 5.91. The van der Waals surface area contributed by atoms with Crippen molar-refractivity contribution >= 4 is 5.78 Å². The normalized spacial score (nSPS) is 23.6. The summed E-state index contributed by atoms with van der Waals surface area (Å²) < 4.78 is 5.75. The summed E-state index contributed by atoms with van der Waals surface area (Å²) in [5.74, 6) is 2.23. The second kappa shape index (κ2) is 4.69. The van der Waals surface area contributed by atoms with Gasteiger partial charge in [-0.15, -0.1) is 0 Å². The Morgan fingerprint density at radius 2 is 2.12 bits per heavy atom. The Kier molecular flexibility index (Phi) is 3.28. The van der Waals surface area contributed by atoms with Crippen molar-refractivity contribution in [2.45, 2.75) is 26.7 Å². The minimum atomic E-state index is 0.0669. The molecule has 0 aliphatic heterocycles. The number of hydrogen-bond acceptors (Lipinski definition) is 2. The van der Waals surface area contributed by atoms with Crippen LogP contribution in [0.2, 0.25) is 0 Å². The molecule has 2 heteroatoms. The predicted molar refractivity (Wildman–Crippen MR) is 63.8 cm³/mol. The Bertz CT molecular complexity index is 384. The van der Waals surface area contributed by atoms with Gasteiger partial charge < -0.3 is 4.74 Å². The minimum Gasteiger partial charge on any atom is -0.493 e. The van der Waals surface area contributed by atoms with Crippen LogP contribution in [-0.2, 0) is 0 Å². The van der Waals surface area contributed by atoms with Gasteiger partial charge >= 0.3 is 0 Å². The maximum atomic E-state index is 11.4. The standard InChI is InChI=1S/C14H18O2/c1-10-7-8-12(10)9-16-14-6-4-3-5-13(14)11(2)15/h3-6,10,12H,7-9H2,1-2H3/t10-,12-/m1/s1. The molecule has 2 rings (SSSR count). The van der Waals surface area contributed by atoms with Gasteiger partial charge in [0.1, 0.15) is 5.75 Å². The summed E-state index contributed by atoms with van der Waals surface area (Å²) in [6, 6.07) is 7.48. The average Bonchev–Trinajstić information content (AvgIpc) is 2.27. The number of Topliss-reactive ketones (excluding diaryl/α,β-unsaturated/α-hetero) is 1. The zero-order valence-electron chi connectivity index (χ0n) is 9.90. The van der Waals surface area contributed by atoms with Gasteiger partial charge in [0.25, 0.3) is 0 Å². The number of ether oxygens (including phenoxy) is 1. The van der Waals surface area contributed by atoms with Gasteiger partial charge in [-0.05, 0) is 43.7 Å². The first-order chi connectivity index (χ1) is 7.68. The molecule has 0 amide bonds. The molecule has 1 aromatic rings. The summed E-state index contributed by atoms with van der Waals surface area (Å²) >= 11 is 0. The van der Waals surface area contributed by atoms with Gasteiger partial charge in [0.05, 0.1) is 12.2 Å². The van der Waals surface area contributed by atoms with Crippen molar-refractivity contribution < 1.29 is 9.53 Å². The molecule has 16 heavy (non-hydrogen) atoms. The van der Waals surface area contributed by atoms with Crippen molar-refractivity contribution in [3.63, 3.8) is 0 Å². The SMILES string of the molecule is CC(=O)c1ccccc1OC[C@H]1CC[C@H]1C. The van der Waals surface area contributed by atoms with Crippen molar-refractivity contribution in [1.82, 2.24) is 0 Å². The molecule has 0 bridgehead atoms. The largest absolute Gasteiger partial charge is 0.493 e. The van der Waals surface area contributed by atoms with Gasteiger partial charge in [-0.3, -0.25) is 4.79 Å². The quantitative estimate of drug-likeness (QED) is 0.725. The maximum absolute atomic E-state index is 11.4. The average molecular weight is 218 g/mol. The Balaban J connectivity index is 2.00. The van der Waals surface area contributed by atoms with E-state index in [4.69, 9.17) is 4.74 Å². The number of carbonyl (C=O) groups excluding carboxylic acids is 1. The second-order valence-corrected chi connectivity index (χ2v) is 4.68. The summed E-state index contributed by atoms with van der Waals surface area (Å²) in [6.07, 6.45) is 2.56. The molecule has 1 fully saturated rings. The maximum Gasteiger partial charge on any atom is 0.163 e. The highest BCUT2D eigenvalue weighted by atomic mass is 16.5. The van der Waals surface area contributed by atoms with E-state index in [1.807, 2.05) is 24.3 Å². The van der Waals surface area contributed by atoms with Crippen molar-refractivity contribution in [3.05, 3.63) is 29.8 Å². The molecule has 0 N–H and O–H groups in total. The van der Waals surface area contributed by atoms with Gasteiger partial charge in [-0.1, -0.05) is 19.1 Å². The molecule has 0 spiro atoms. The van der Waals surface area contributed by atoms with Crippen LogP contribution in [-0.4, -0.2) is 12.4 Å². The fourth-order valence-corrected chi connectivity index (χ4v) is 2.06. The van der Waals surface area contributed by atoms with Crippen molar-refractivity contribution in [2.24, 2.45) is 11.8 Å². The monoisotopic (exact) mass is 218 g/mol. The number of para-hydroxylation sites is 1. The van der Waals surface area contributed by atoms with E-state index in [9.17, 15) is 4.79 Å². The van der Waals surface area contributed by atoms with Crippen LogP contribution in [0.4, 0.5) is 0 Å². The summed E-state index contributed by atoms with van der Waals surface area (Å²) in [7, 11) is 0. The van der Waals surface area contributed by atoms with E-state index in [0.29, 0.717) is 11.5 Å². The molecule has 0 radical (unpaired) electrons. The van der Waals surface area contributed by atoms with Crippen LogP contribution in [0.5, 0.6) is 5.75 Å². The van der Waals surface area contributed by atoms with Crippen LogP contribution in [0.15, 0.2) is 24.3 Å². The molecule has 1 aliphatic rings. The zero-order chi connectivity index (χ0) is 11.5. The molecule has 1 aliphatic carbocycles. The Hall–Kier alpha value is -1.31. The van der Waals surface area contributed by atoms with Crippen LogP contribution < -0.4 is 4.74 Å². The number of ketones is 1. The Labute approximate surface area is 96.6 Å². The fraction of sp³-hybridized carbons (Fsp3) is 0.500. The van der Waals surface area contributed by atoms with E-state index in [1.54, 1.807) is 6.92 Å². The lowest BCUT2D eigenvalue weighted by Crippen LogP contribution is -2.28. The summed E-state index contributed by atoms with van der Waals surface area (Å²) in [5.41, 5.74) is 0.689. The molecule has 2 nitrogen and oxygen atoms in total. The second-order valence-electron chi connectivity index (χ2n) is 4.68. The van der Waals surface area contributed by atoms with Crippen LogP contribution in [0.3, 0.4) is 0 Å². The van der Waals surface area contributed by atoms with Crippen molar-refractivity contribution in [2.75, 3.05) is 6.61 Å². The lowest BCUT2D eigenvalue weighted by molar-refractivity contribution is 0.0992. The van der Waals surface area contributed by atoms with Crippen molar-refractivity contribution in [3.8, 4) is 5.75 Å². The van der Waals surface area contributed by atoms with Gasteiger partial charge in [-0.2, -0.15) is 0 Å². The molecule has 0 unspecified atom stereocenters. The molecule has 1 saturated carbocycles. The van der Waals surface area contributed by atoms with Gasteiger partial charge in [0.2, 0.25) is 0 Å². The summed E-state index contributed by atoms with van der Waals surface area (Å²) in [6.45, 7) is 4.58. The molecule has 2 atom stereocenters. The molecular formula is C14H18O2. The van der Waals surface area contributed by atoms with Gasteiger partial charge in [0.15, 0.2) is 5.78 Å². The van der Waals surface area contributed by atoms with Crippen molar-refractivity contribution in [1.29, 1.82) is 0 Å². The highest BCUT2D eigenvalue weighted by molar-refractivity contribution is 5.96. The first-order valence-corrected chi connectivity index (χ1v) is 5.91. The first kappa shape index (κ1) is 11.2. The fourth-order valence-electron chi connectivity index (χ4n) is 2.06. The highest BCUT2D eigenvalue weighted by Crippen LogP contribution is 2.34. The molecule has 1 aromatic carbocycles. The molecular weight excluding hydrogens is 200 g/mol. The molecule has 0 aromatic heterocycles. The van der Waals surface area contributed by atoms with Gasteiger partial charge in [0, 0.05) is 0 Å². The highest BCUT2D eigenvalue weighted by Gasteiger charge is 2.27. The third-order valence-electron chi connectivity index (χ3n) is 3.52. The lowest BCUT2D eigenvalue weighted by Gasteiger charge is -2.33. The molecule has 0 heterocycles. The number of hydrogen-bond donors (Lipinski definition) is 0. The Morgan fingerprint density at radius 1 is 1.38 bits per heavy atom. The number of carbonyl (C=O) groups is 1. The third kappa shape index (κ3) is 2.26. The Morgan fingerprint density at radius 3 is 2.69 bits per heavy atom. The lowest BCUT2D eigenvalue weighted by atomic mass is 9.75. The van der Waals surface area contributed by atoms with E-state index in [1.165, 1.54) is 12.8 Å². The van der Waals surface area contributed by atoms with Crippen LogP contribution in [0.1, 0.15) is 37.0 Å². The van der Waals surface area contributed by atoms with E-state index in [2.05, 4.69) is 6.92 Å². The van der Waals surface area contributed by atoms with E-state index >= 15 is 0 Å². The smallest absolute Gasteiger partial charge is 0.163 e. The van der Waals surface area contributed by atoms with Gasteiger partial charge in [-0.25, -0.2) is 0 Å². The number of benzene rings is 1. The van der Waals surface area contributed by atoms with E-state index < -0.39 is 0 Å². The zero-order valence-corrected chi connectivity index (χ0v) is 9.90. The van der Waals surface area contributed by atoms with E-state index in [-0.39, 0.29) is 5.78 Å². The molecule has 86 valence electrons. The topological polar surface area (TPSA) is 26.3 Å². The predicted octanol–water partition coefficient (Wildman–Crippen LogP) is 3.31. The van der Waals surface area contributed by atoms with Crippen LogP contribution >= 0.6 is 0 Å². The van der Waals surface area contributed by atoms with E-state index in [0.717, 1.165) is 18.3 Å². The number of rotatable bonds is 4. The minimum absolute atomic E-state index is 0.0669.